The highest BCUT2D eigenvalue weighted by atomic mass is 16.5. The summed E-state index contributed by atoms with van der Waals surface area (Å²) in [7, 11) is 7.12. The summed E-state index contributed by atoms with van der Waals surface area (Å²) >= 11 is 0. The fourth-order valence-electron chi connectivity index (χ4n) is 3.45. The van der Waals surface area contributed by atoms with Gasteiger partial charge in [0.25, 0.3) is 5.56 Å². The normalized spacial score (nSPS) is 15.0. The van der Waals surface area contributed by atoms with Crippen molar-refractivity contribution in [3.63, 3.8) is 0 Å². The van der Waals surface area contributed by atoms with Gasteiger partial charge in [-0.15, -0.1) is 0 Å². The van der Waals surface area contributed by atoms with E-state index in [0.717, 1.165) is 47.8 Å². The molecule has 140 valence electrons. The van der Waals surface area contributed by atoms with Crippen LogP contribution in [-0.4, -0.2) is 49.9 Å². The average molecular weight is 357 g/mol. The van der Waals surface area contributed by atoms with E-state index in [2.05, 4.69) is 10.2 Å². The molecule has 1 fully saturated rings. The number of rotatable bonds is 6. The number of hydrogen-bond donors (Lipinski definition) is 1. The molecule has 1 N–H and O–H groups in total. The van der Waals surface area contributed by atoms with Gasteiger partial charge in [0.2, 0.25) is 0 Å². The lowest BCUT2D eigenvalue weighted by atomic mass is 10.0. The molecule has 0 spiro atoms. The maximum atomic E-state index is 12.0. The monoisotopic (exact) mass is 357 g/mol. The highest BCUT2D eigenvalue weighted by Gasteiger charge is 2.27. The smallest absolute Gasteiger partial charge is 0.253 e. The highest BCUT2D eigenvalue weighted by Crippen LogP contribution is 2.36. The Morgan fingerprint density at radius 1 is 1.12 bits per heavy atom. The summed E-state index contributed by atoms with van der Waals surface area (Å²) in [6.07, 6.45) is 1.84. The largest absolute Gasteiger partial charge is 0.496 e. The number of pyridine rings is 1. The summed E-state index contributed by atoms with van der Waals surface area (Å²) in [6.45, 7) is 4.66. The van der Waals surface area contributed by atoms with Gasteiger partial charge >= 0.3 is 0 Å². The molecule has 2 aromatic rings. The van der Waals surface area contributed by atoms with Crippen LogP contribution in [0.25, 0.3) is 11.1 Å². The number of likely N-dealkylation sites (N-methyl/N-ethyl adjacent to an activating group) is 1. The van der Waals surface area contributed by atoms with Gasteiger partial charge in [0.1, 0.15) is 11.5 Å². The number of nitrogens with zero attached hydrogens (tertiary/aromatic N) is 2. The molecule has 1 saturated heterocycles. The lowest BCUT2D eigenvalue weighted by Crippen LogP contribution is -2.56. The van der Waals surface area contributed by atoms with Gasteiger partial charge < -0.3 is 19.4 Å². The van der Waals surface area contributed by atoms with Gasteiger partial charge in [-0.05, 0) is 43.3 Å². The zero-order valence-corrected chi connectivity index (χ0v) is 16.1. The third kappa shape index (κ3) is 3.48. The predicted octanol–water partition coefficient (Wildman–Crippen LogP) is 1.78. The Morgan fingerprint density at radius 3 is 2.23 bits per heavy atom. The molecule has 1 aromatic heterocycles. The van der Waals surface area contributed by atoms with Gasteiger partial charge in [0.15, 0.2) is 0 Å². The van der Waals surface area contributed by atoms with E-state index in [-0.39, 0.29) is 5.56 Å². The molecule has 0 aliphatic carbocycles. The first-order valence-corrected chi connectivity index (χ1v) is 8.79. The summed E-state index contributed by atoms with van der Waals surface area (Å²) in [5, 5.41) is 3.29. The predicted molar refractivity (Wildman–Crippen MR) is 103 cm³/mol. The summed E-state index contributed by atoms with van der Waals surface area (Å²) < 4.78 is 12.9. The molecule has 1 aliphatic heterocycles. The number of hydrogen-bond acceptors (Lipinski definition) is 5. The minimum atomic E-state index is 0.0150. The quantitative estimate of drug-likeness (QED) is 0.854. The topological polar surface area (TPSA) is 55.7 Å². The number of likely N-dealkylation sites (tertiary alicyclic amines) is 1. The van der Waals surface area contributed by atoms with E-state index in [0.29, 0.717) is 11.6 Å². The maximum absolute atomic E-state index is 12.0. The Morgan fingerprint density at radius 2 is 1.73 bits per heavy atom. The molecule has 0 atom stereocenters. The second-order valence-corrected chi connectivity index (χ2v) is 6.87. The van der Waals surface area contributed by atoms with Crippen LogP contribution in [0.15, 0.2) is 29.2 Å². The maximum Gasteiger partial charge on any atom is 0.253 e. The van der Waals surface area contributed by atoms with Crippen LogP contribution in [0.3, 0.4) is 0 Å². The van der Waals surface area contributed by atoms with Crippen LogP contribution in [0.1, 0.15) is 11.1 Å². The molecule has 0 radical (unpaired) electrons. The number of methoxy groups -OCH3 is 2. The highest BCUT2D eigenvalue weighted by molar-refractivity contribution is 5.69. The van der Waals surface area contributed by atoms with Crippen molar-refractivity contribution in [3.05, 3.63) is 45.9 Å². The third-order valence-electron chi connectivity index (χ3n) is 5.05. The van der Waals surface area contributed by atoms with Crippen molar-refractivity contribution in [2.45, 2.75) is 19.5 Å². The van der Waals surface area contributed by atoms with Gasteiger partial charge in [-0.2, -0.15) is 0 Å². The third-order valence-corrected chi connectivity index (χ3v) is 5.05. The lowest BCUT2D eigenvalue weighted by molar-refractivity contribution is 0.121. The van der Waals surface area contributed by atoms with Crippen molar-refractivity contribution in [1.82, 2.24) is 14.8 Å². The van der Waals surface area contributed by atoms with Gasteiger partial charge in [0.05, 0.1) is 19.8 Å². The first-order chi connectivity index (χ1) is 12.5. The zero-order valence-electron chi connectivity index (χ0n) is 16.1. The van der Waals surface area contributed by atoms with E-state index < -0.39 is 0 Å². The average Bonchev–Trinajstić information content (AvgIpc) is 2.61. The molecule has 0 saturated carbocycles. The van der Waals surface area contributed by atoms with Gasteiger partial charge in [0, 0.05) is 44.5 Å². The van der Waals surface area contributed by atoms with E-state index in [4.69, 9.17) is 9.47 Å². The summed E-state index contributed by atoms with van der Waals surface area (Å²) in [4.78, 5) is 14.3. The van der Waals surface area contributed by atoms with Crippen molar-refractivity contribution in [1.29, 1.82) is 0 Å². The molecule has 0 unspecified atom stereocenters. The number of ether oxygens (including phenoxy) is 2. The molecule has 6 heteroatoms. The van der Waals surface area contributed by atoms with Gasteiger partial charge in [-0.25, -0.2) is 0 Å². The number of nitrogens with one attached hydrogen (secondary N) is 1. The van der Waals surface area contributed by atoms with Gasteiger partial charge in [-0.1, -0.05) is 0 Å². The Bertz CT molecular complexity index is 803. The molecule has 26 heavy (non-hydrogen) atoms. The van der Waals surface area contributed by atoms with Crippen LogP contribution in [0.2, 0.25) is 0 Å². The van der Waals surface area contributed by atoms with E-state index in [1.807, 2.05) is 38.4 Å². The molecule has 3 rings (SSSR count). The Balaban J connectivity index is 1.98. The van der Waals surface area contributed by atoms with Crippen molar-refractivity contribution < 1.29 is 9.47 Å². The first-order valence-electron chi connectivity index (χ1n) is 8.79. The van der Waals surface area contributed by atoms with E-state index in [1.165, 1.54) is 0 Å². The summed E-state index contributed by atoms with van der Waals surface area (Å²) in [5.41, 5.74) is 3.71. The molecule has 2 heterocycles. The van der Waals surface area contributed by atoms with Crippen LogP contribution in [0.4, 0.5) is 0 Å². The Hall–Kier alpha value is -2.31. The molecule has 0 bridgehead atoms. The number of aromatic nitrogens is 1. The van der Waals surface area contributed by atoms with Crippen LogP contribution >= 0.6 is 0 Å². The van der Waals surface area contributed by atoms with E-state index in [9.17, 15) is 4.79 Å². The Labute approximate surface area is 154 Å². The molecule has 1 aliphatic rings. The number of aryl methyl sites for hydroxylation is 2. The summed E-state index contributed by atoms with van der Waals surface area (Å²) in [6, 6.07) is 6.50. The van der Waals surface area contributed by atoms with Crippen LogP contribution in [0.5, 0.6) is 11.5 Å². The molecular formula is C20H27N3O3. The molecule has 6 nitrogen and oxygen atoms in total. The van der Waals surface area contributed by atoms with Crippen LogP contribution in [-0.2, 0) is 13.6 Å². The zero-order chi connectivity index (χ0) is 18.8. The van der Waals surface area contributed by atoms with Crippen molar-refractivity contribution in [2.24, 2.45) is 7.05 Å². The first kappa shape index (κ1) is 18.5. The molecule has 0 amide bonds. The summed E-state index contributed by atoms with van der Waals surface area (Å²) in [5.74, 6) is 1.61. The molecular weight excluding hydrogens is 330 g/mol. The van der Waals surface area contributed by atoms with Crippen molar-refractivity contribution in [2.75, 3.05) is 34.4 Å². The van der Waals surface area contributed by atoms with Crippen molar-refractivity contribution >= 4 is 0 Å². The minimum Gasteiger partial charge on any atom is -0.496 e. The fraction of sp³-hybridized carbons (Fsp3) is 0.450. The lowest BCUT2D eigenvalue weighted by Gasteiger charge is -2.39. The minimum absolute atomic E-state index is 0.0150. The standard InChI is InChI=1S/C20H27N3O3/c1-13-6-15(9-22(3)20(13)24)14-7-18(25-4)17(19(8-14)26-5)12-23-10-16(11-23)21-2/h6-9,16,21H,10-12H2,1-5H3. The fourth-order valence-corrected chi connectivity index (χ4v) is 3.45. The second-order valence-electron chi connectivity index (χ2n) is 6.87. The Kier molecular flexibility index (Phi) is 5.34. The second kappa shape index (κ2) is 7.51. The SMILES string of the molecule is CNC1CN(Cc2c(OC)cc(-c3cc(C)c(=O)n(C)c3)cc2OC)C1. The van der Waals surface area contributed by atoms with E-state index >= 15 is 0 Å². The molecule has 1 aromatic carbocycles. The number of benzene rings is 1. The van der Waals surface area contributed by atoms with Gasteiger partial charge in [-0.3, -0.25) is 9.69 Å². The van der Waals surface area contributed by atoms with Crippen LogP contribution in [0, 0.1) is 6.92 Å². The van der Waals surface area contributed by atoms with Crippen molar-refractivity contribution in [3.8, 4) is 22.6 Å². The van der Waals surface area contributed by atoms with E-state index in [1.54, 1.807) is 25.8 Å². The van der Waals surface area contributed by atoms with Crippen LogP contribution < -0.4 is 20.3 Å².